The zero-order valence-electron chi connectivity index (χ0n) is 62.3. The van der Waals surface area contributed by atoms with E-state index >= 15 is 0 Å². The van der Waals surface area contributed by atoms with Crippen LogP contribution in [0.4, 0.5) is 0 Å². The molecule has 0 aromatic carbocycles. The highest BCUT2D eigenvalue weighted by Gasteiger charge is 2.21. The van der Waals surface area contributed by atoms with Gasteiger partial charge in [0.2, 0.25) is 0 Å². The van der Waals surface area contributed by atoms with Crippen LogP contribution in [0.5, 0.6) is 0 Å². The molecule has 0 aliphatic rings. The molecule has 0 radical (unpaired) electrons. The molecule has 23 nitrogen and oxygen atoms in total. The Bertz CT molecular complexity index is 2030. The van der Waals surface area contributed by atoms with Gasteiger partial charge in [0.25, 0.3) is 0 Å². The molecule has 0 heterocycles. The number of thioether (sulfide) groups is 4. The molecule has 0 aromatic heterocycles. The van der Waals surface area contributed by atoms with E-state index in [4.69, 9.17) is 42.6 Å². The Morgan fingerprint density at radius 3 is 0.878 bits per heavy atom. The van der Waals surface area contributed by atoms with E-state index in [0.717, 1.165) is 69.9 Å². The first-order valence-electron chi connectivity index (χ1n) is 36.3. The van der Waals surface area contributed by atoms with Crippen LogP contribution in [-0.4, -0.2) is 284 Å². The van der Waals surface area contributed by atoms with Gasteiger partial charge in [0.1, 0.15) is 52.9 Å². The summed E-state index contributed by atoms with van der Waals surface area (Å²) in [5.41, 5.74) is 0. The van der Waals surface area contributed by atoms with Crippen LogP contribution in [0.2, 0.25) is 0 Å². The molecule has 27 heteroatoms. The second-order valence-corrected chi connectivity index (χ2v) is 29.8. The van der Waals surface area contributed by atoms with Gasteiger partial charge in [-0.2, -0.15) is 47.0 Å². The number of carbonyl (C=O) groups is 9. The van der Waals surface area contributed by atoms with Crippen LogP contribution in [0.15, 0.2) is 0 Å². The zero-order chi connectivity index (χ0) is 72.8. The number of nitrogens with zero attached hydrogens (tertiary/aromatic N) is 5. The fourth-order valence-electron chi connectivity index (χ4n) is 9.37. The molecule has 0 aliphatic heterocycles. The second kappa shape index (κ2) is 65.5. The summed E-state index contributed by atoms with van der Waals surface area (Å²) in [6.45, 7) is 21.0. The van der Waals surface area contributed by atoms with Crippen LogP contribution < -0.4 is 0 Å². The normalized spacial score (nSPS) is 12.7. The first-order valence-corrected chi connectivity index (χ1v) is 40.9. The molecular formula is C71H131N5O18S4. The zero-order valence-corrected chi connectivity index (χ0v) is 65.5. The average Bonchev–Trinajstić information content (AvgIpc) is 1.42. The second-order valence-electron chi connectivity index (χ2n) is 25.2. The highest BCUT2D eigenvalue weighted by atomic mass is 32.2. The Morgan fingerprint density at radius 2 is 0.561 bits per heavy atom. The van der Waals surface area contributed by atoms with Crippen LogP contribution in [0, 0.1) is 23.7 Å². The third-order valence-corrected chi connectivity index (χ3v) is 21.0. The molecule has 0 saturated heterocycles. The van der Waals surface area contributed by atoms with Gasteiger partial charge in [-0.3, -0.25) is 43.2 Å². The van der Waals surface area contributed by atoms with Crippen molar-refractivity contribution in [3.05, 3.63) is 0 Å². The van der Waals surface area contributed by atoms with Crippen molar-refractivity contribution in [2.75, 3.05) is 206 Å². The first kappa shape index (κ1) is 94.4. The maximum Gasteiger partial charge on any atom is 0.309 e. The number of esters is 9. The monoisotopic (exact) mass is 1470 g/mol. The molecule has 0 rings (SSSR count). The van der Waals surface area contributed by atoms with Gasteiger partial charge in [-0.25, -0.2) is 0 Å². The van der Waals surface area contributed by atoms with Gasteiger partial charge >= 0.3 is 53.7 Å². The lowest BCUT2D eigenvalue weighted by atomic mass is 10.1. The number of carbonyl (C=O) groups excluding carboxylic acids is 9. The van der Waals surface area contributed by atoms with Crippen LogP contribution >= 0.6 is 47.0 Å². The number of methoxy groups -OCH3 is 1. The van der Waals surface area contributed by atoms with E-state index in [2.05, 4.69) is 49.6 Å². The Hall–Kier alpha value is -3.57. The predicted molar refractivity (Wildman–Crippen MR) is 396 cm³/mol. The molecule has 0 saturated carbocycles. The SMILES string of the molecule is CCCCCCCCSCC(C)C(=O)OCCOC(=O)CCN(CCSCC(C)C(=O)OCCOC(=O)CCN(CCSCC(C)C(=O)OCCOC(=O)CCN(C)CCCN(C)CCCN(C)CC)CCC(=O)OC)CCC(=O)OCCOC(=O)C(C)CSCCCCCCCC. The minimum Gasteiger partial charge on any atom is -0.469 e. The summed E-state index contributed by atoms with van der Waals surface area (Å²) in [4.78, 5) is 124. The van der Waals surface area contributed by atoms with Gasteiger partial charge in [0.05, 0.1) is 62.9 Å². The molecular weight excluding hydrogens is 1340 g/mol. The molecule has 0 amide bonds. The Balaban J connectivity index is 4.92. The first-order chi connectivity index (χ1) is 47.1. The van der Waals surface area contributed by atoms with Crippen LogP contribution in [0.3, 0.4) is 0 Å². The highest BCUT2D eigenvalue weighted by Crippen LogP contribution is 2.18. The lowest BCUT2D eigenvalue weighted by Crippen LogP contribution is -2.32. The van der Waals surface area contributed by atoms with Gasteiger partial charge in [-0.1, -0.05) is 113 Å². The number of hydrogen-bond donors (Lipinski definition) is 0. The van der Waals surface area contributed by atoms with Gasteiger partial charge in [0.15, 0.2) is 0 Å². The van der Waals surface area contributed by atoms with Crippen LogP contribution in [0.1, 0.15) is 170 Å². The Labute approximate surface area is 607 Å². The van der Waals surface area contributed by atoms with Crippen molar-refractivity contribution in [1.82, 2.24) is 24.5 Å². The number of hydrogen-bond acceptors (Lipinski definition) is 27. The topological polar surface area (TPSA) is 253 Å². The summed E-state index contributed by atoms with van der Waals surface area (Å²) >= 11 is 6.53. The quantitative estimate of drug-likeness (QED) is 0.0312. The predicted octanol–water partition coefficient (Wildman–Crippen LogP) is 9.85. The molecule has 4 atom stereocenters. The lowest BCUT2D eigenvalue weighted by molar-refractivity contribution is -0.154. The summed E-state index contributed by atoms with van der Waals surface area (Å²) in [6.07, 6.45) is 17.2. The molecule has 0 bridgehead atoms. The Kier molecular flexibility index (Phi) is 63.1. The lowest BCUT2D eigenvalue weighted by Gasteiger charge is -2.22. The maximum atomic E-state index is 12.9. The standard InChI is InChI=1S/C71H131N5O18S4/c1-12-15-17-19-21-23-51-95-55-59(4)68(82)91-48-44-89-66(80)30-39-76(40-31-67(81)90-45-49-92-69(83)60(5)56-96-52-24-22-20-18-16-13-2)42-54-98-58-62(7)71(85)94-50-46-88-65(79)29-38-75(37-28-63(77)86-11)41-53-97-57-61(6)70(84)93-47-43-87-64(78)27-36-74(10)35-26-34-73(9)33-25-32-72(8)14-3/h59-62H,12-58H2,1-11H3. The van der Waals surface area contributed by atoms with Crippen LogP contribution in [0.25, 0.3) is 0 Å². The maximum absolute atomic E-state index is 12.9. The van der Waals surface area contributed by atoms with E-state index in [0.29, 0.717) is 67.2 Å². The highest BCUT2D eigenvalue weighted by molar-refractivity contribution is 7.99. The molecule has 0 spiro atoms. The minimum atomic E-state index is -0.500. The molecule has 0 aliphatic carbocycles. The van der Waals surface area contributed by atoms with Gasteiger partial charge < -0.3 is 67.1 Å². The molecule has 4 unspecified atom stereocenters. The largest absolute Gasteiger partial charge is 0.469 e. The average molecular weight is 1470 g/mol. The van der Waals surface area contributed by atoms with Crippen molar-refractivity contribution in [2.45, 2.75) is 170 Å². The molecule has 0 N–H and O–H groups in total. The number of ether oxygens (including phenoxy) is 9. The van der Waals surface area contributed by atoms with Gasteiger partial charge in [-0.15, -0.1) is 0 Å². The minimum absolute atomic E-state index is 0.0155. The van der Waals surface area contributed by atoms with E-state index in [1.165, 1.54) is 94.8 Å². The van der Waals surface area contributed by atoms with Crippen molar-refractivity contribution in [2.24, 2.45) is 23.7 Å². The summed E-state index contributed by atoms with van der Waals surface area (Å²) in [6, 6.07) is 0. The fraction of sp³-hybridized carbons (Fsp3) is 0.873. The summed E-state index contributed by atoms with van der Waals surface area (Å²) in [5.74, 6) is 0.251. The van der Waals surface area contributed by atoms with E-state index < -0.39 is 41.7 Å². The van der Waals surface area contributed by atoms with Crippen molar-refractivity contribution >= 4 is 101 Å². The van der Waals surface area contributed by atoms with E-state index in [-0.39, 0.29) is 134 Å². The summed E-state index contributed by atoms with van der Waals surface area (Å²) in [5, 5.41) is 0. The van der Waals surface area contributed by atoms with Gasteiger partial charge in [-0.05, 0) is 91.1 Å². The van der Waals surface area contributed by atoms with Gasteiger partial charge in [0, 0.05) is 80.3 Å². The fourth-order valence-corrected chi connectivity index (χ4v) is 13.6. The number of unbranched alkanes of at least 4 members (excludes halogenated alkanes) is 10. The van der Waals surface area contributed by atoms with E-state index in [1.807, 2.05) is 30.7 Å². The van der Waals surface area contributed by atoms with Crippen molar-refractivity contribution in [3.8, 4) is 0 Å². The third-order valence-electron chi connectivity index (χ3n) is 16.0. The summed E-state index contributed by atoms with van der Waals surface area (Å²) in [7, 11) is 7.58. The van der Waals surface area contributed by atoms with Crippen molar-refractivity contribution in [1.29, 1.82) is 0 Å². The Morgan fingerprint density at radius 1 is 0.296 bits per heavy atom. The smallest absolute Gasteiger partial charge is 0.309 e. The van der Waals surface area contributed by atoms with Crippen LogP contribution in [-0.2, 0) is 85.8 Å². The molecule has 572 valence electrons. The van der Waals surface area contributed by atoms with Crippen molar-refractivity contribution in [3.63, 3.8) is 0 Å². The third kappa shape index (κ3) is 58.0. The van der Waals surface area contributed by atoms with E-state index in [1.54, 1.807) is 37.4 Å². The molecule has 0 fully saturated rings. The number of rotatable bonds is 68. The molecule has 0 aromatic rings. The molecule has 98 heavy (non-hydrogen) atoms. The van der Waals surface area contributed by atoms with E-state index in [9.17, 15) is 43.2 Å². The van der Waals surface area contributed by atoms with Crippen molar-refractivity contribution < 1.29 is 85.8 Å². The summed E-state index contributed by atoms with van der Waals surface area (Å²) < 4.78 is 47.9.